The second kappa shape index (κ2) is 4.56. The molecular weight excluding hydrogens is 196 g/mol. The van der Waals surface area contributed by atoms with Gasteiger partial charge in [0.25, 0.3) is 0 Å². The van der Waals surface area contributed by atoms with Gasteiger partial charge < -0.3 is 5.73 Å². The fraction of sp³-hybridized carbons (Fsp3) is 0.571. The summed E-state index contributed by atoms with van der Waals surface area (Å²) >= 11 is 0. The molecule has 2 N–H and O–H groups in total. The molecule has 0 amide bonds. The van der Waals surface area contributed by atoms with Gasteiger partial charge in [-0.2, -0.15) is 0 Å². The molecule has 2 atom stereocenters. The molecule has 1 aromatic rings. The molecule has 0 radical (unpaired) electrons. The molecule has 2 nitrogen and oxygen atoms in total. The summed E-state index contributed by atoms with van der Waals surface area (Å²) < 4.78 is 0. The third-order valence-electron chi connectivity index (χ3n) is 3.64. The highest BCUT2D eigenvalue weighted by Gasteiger charge is 2.29. The summed E-state index contributed by atoms with van der Waals surface area (Å²) in [6.45, 7) is 5.56. The van der Waals surface area contributed by atoms with E-state index in [9.17, 15) is 0 Å². The summed E-state index contributed by atoms with van der Waals surface area (Å²) in [6, 6.07) is 9.64. The zero-order valence-corrected chi connectivity index (χ0v) is 10.5. The molecular formula is C14H22N2. The number of rotatable bonds is 2. The average molecular weight is 218 g/mol. The second-order valence-corrected chi connectivity index (χ2v) is 5.20. The summed E-state index contributed by atoms with van der Waals surface area (Å²) in [5.41, 5.74) is 8.92. The van der Waals surface area contributed by atoms with Gasteiger partial charge in [0.2, 0.25) is 0 Å². The molecule has 1 saturated heterocycles. The van der Waals surface area contributed by atoms with E-state index in [1.165, 1.54) is 11.1 Å². The van der Waals surface area contributed by atoms with Crippen LogP contribution >= 0.6 is 0 Å². The van der Waals surface area contributed by atoms with E-state index < -0.39 is 0 Å². The van der Waals surface area contributed by atoms with Crippen LogP contribution in [0.5, 0.6) is 0 Å². The lowest BCUT2D eigenvalue weighted by atomic mass is 9.96. The summed E-state index contributed by atoms with van der Waals surface area (Å²) in [5, 5.41) is 0. The van der Waals surface area contributed by atoms with Crippen LogP contribution in [0.1, 0.15) is 43.4 Å². The lowest BCUT2D eigenvalue weighted by molar-refractivity contribution is 0.304. The van der Waals surface area contributed by atoms with Crippen LogP contribution in [0.3, 0.4) is 0 Å². The molecule has 0 aliphatic carbocycles. The van der Waals surface area contributed by atoms with E-state index >= 15 is 0 Å². The third kappa shape index (κ3) is 2.13. The Hall–Kier alpha value is -0.860. The van der Waals surface area contributed by atoms with E-state index in [1.807, 2.05) is 0 Å². The van der Waals surface area contributed by atoms with Gasteiger partial charge in [-0.25, -0.2) is 0 Å². The van der Waals surface area contributed by atoms with Crippen molar-refractivity contribution in [1.82, 2.24) is 4.90 Å². The number of nitrogens with two attached hydrogens (primary N) is 1. The Morgan fingerprint density at radius 2 is 1.88 bits per heavy atom. The Morgan fingerprint density at radius 1 is 1.25 bits per heavy atom. The lowest BCUT2D eigenvalue weighted by Crippen LogP contribution is -2.29. The number of hydrogen-bond donors (Lipinski definition) is 1. The molecule has 0 spiro atoms. The summed E-state index contributed by atoms with van der Waals surface area (Å²) in [5.74, 6) is 0.601. The highest BCUT2D eigenvalue weighted by atomic mass is 15.2. The molecule has 2 heteroatoms. The van der Waals surface area contributed by atoms with Gasteiger partial charge in [0, 0.05) is 18.6 Å². The summed E-state index contributed by atoms with van der Waals surface area (Å²) in [6.07, 6.45) is 1.10. The van der Waals surface area contributed by atoms with Crippen molar-refractivity contribution in [1.29, 1.82) is 0 Å². The first kappa shape index (κ1) is 11.6. The standard InChI is InChI=1S/C14H22N2/c1-10(2)11-4-6-12(7-5-11)14-13(15)8-9-16(14)3/h4-7,10,13-14H,8-9,15H2,1-3H3. The first-order chi connectivity index (χ1) is 7.59. The Morgan fingerprint density at radius 3 is 2.31 bits per heavy atom. The molecule has 2 rings (SSSR count). The van der Waals surface area contributed by atoms with Crippen molar-refractivity contribution in [2.45, 2.75) is 38.3 Å². The van der Waals surface area contributed by atoms with E-state index in [0.717, 1.165) is 13.0 Å². The predicted octanol–water partition coefficient (Wildman–Crippen LogP) is 2.51. The van der Waals surface area contributed by atoms with Crippen LogP contribution in [0.15, 0.2) is 24.3 Å². The van der Waals surface area contributed by atoms with Gasteiger partial charge in [-0.05, 0) is 30.5 Å². The Kier molecular flexibility index (Phi) is 3.31. The van der Waals surface area contributed by atoms with Crippen molar-refractivity contribution in [3.05, 3.63) is 35.4 Å². The molecule has 0 aromatic heterocycles. The van der Waals surface area contributed by atoms with Crippen LogP contribution in [-0.4, -0.2) is 24.5 Å². The minimum absolute atomic E-state index is 0.287. The molecule has 1 aliphatic heterocycles. The maximum atomic E-state index is 6.16. The van der Waals surface area contributed by atoms with Gasteiger partial charge in [0.15, 0.2) is 0 Å². The molecule has 88 valence electrons. The zero-order chi connectivity index (χ0) is 11.7. The topological polar surface area (TPSA) is 29.3 Å². The van der Waals surface area contributed by atoms with Crippen molar-refractivity contribution in [2.75, 3.05) is 13.6 Å². The maximum absolute atomic E-state index is 6.16. The zero-order valence-electron chi connectivity index (χ0n) is 10.5. The van der Waals surface area contributed by atoms with Crippen LogP contribution in [0.25, 0.3) is 0 Å². The molecule has 2 unspecified atom stereocenters. The van der Waals surface area contributed by atoms with Crippen molar-refractivity contribution in [3.8, 4) is 0 Å². The van der Waals surface area contributed by atoms with E-state index in [4.69, 9.17) is 5.73 Å². The van der Waals surface area contributed by atoms with Gasteiger partial charge in [0.1, 0.15) is 0 Å². The SMILES string of the molecule is CC(C)c1ccc(C2C(N)CCN2C)cc1. The monoisotopic (exact) mass is 218 g/mol. The largest absolute Gasteiger partial charge is 0.326 e. The fourth-order valence-corrected chi connectivity index (χ4v) is 2.56. The Bertz CT molecular complexity index is 332. The Balaban J connectivity index is 2.21. The van der Waals surface area contributed by atoms with Crippen molar-refractivity contribution < 1.29 is 0 Å². The number of benzene rings is 1. The van der Waals surface area contributed by atoms with Crippen molar-refractivity contribution >= 4 is 0 Å². The predicted molar refractivity (Wildman–Crippen MR) is 68.5 cm³/mol. The first-order valence-electron chi connectivity index (χ1n) is 6.15. The molecule has 1 aromatic carbocycles. The lowest BCUT2D eigenvalue weighted by Gasteiger charge is -2.23. The average Bonchev–Trinajstić information content (AvgIpc) is 2.59. The van der Waals surface area contributed by atoms with Crippen LogP contribution in [-0.2, 0) is 0 Å². The number of likely N-dealkylation sites (N-methyl/N-ethyl adjacent to an activating group) is 1. The number of nitrogens with zero attached hydrogens (tertiary/aromatic N) is 1. The van der Waals surface area contributed by atoms with E-state index in [-0.39, 0.29) is 6.04 Å². The van der Waals surface area contributed by atoms with Crippen LogP contribution in [0.4, 0.5) is 0 Å². The van der Waals surface area contributed by atoms with Gasteiger partial charge in [-0.3, -0.25) is 4.90 Å². The number of hydrogen-bond acceptors (Lipinski definition) is 2. The van der Waals surface area contributed by atoms with Crippen LogP contribution in [0.2, 0.25) is 0 Å². The maximum Gasteiger partial charge on any atom is 0.0496 e. The Labute approximate surface area is 98.4 Å². The van der Waals surface area contributed by atoms with Crippen molar-refractivity contribution in [2.24, 2.45) is 5.73 Å². The highest BCUT2D eigenvalue weighted by Crippen LogP contribution is 2.30. The summed E-state index contributed by atoms with van der Waals surface area (Å²) in [7, 11) is 2.16. The van der Waals surface area contributed by atoms with Crippen LogP contribution in [0, 0.1) is 0 Å². The molecule has 0 saturated carbocycles. The molecule has 1 fully saturated rings. The third-order valence-corrected chi connectivity index (χ3v) is 3.64. The molecule has 1 aliphatic rings. The minimum Gasteiger partial charge on any atom is -0.326 e. The van der Waals surface area contributed by atoms with Crippen LogP contribution < -0.4 is 5.73 Å². The van der Waals surface area contributed by atoms with Gasteiger partial charge in [-0.1, -0.05) is 38.1 Å². The van der Waals surface area contributed by atoms with Gasteiger partial charge in [-0.15, -0.1) is 0 Å². The molecule has 0 bridgehead atoms. The fourth-order valence-electron chi connectivity index (χ4n) is 2.56. The van der Waals surface area contributed by atoms with Gasteiger partial charge >= 0.3 is 0 Å². The number of likely N-dealkylation sites (tertiary alicyclic amines) is 1. The summed E-state index contributed by atoms with van der Waals surface area (Å²) in [4.78, 5) is 2.36. The van der Waals surface area contributed by atoms with E-state index in [2.05, 4.69) is 50.1 Å². The normalized spacial score (nSPS) is 26.6. The smallest absolute Gasteiger partial charge is 0.0496 e. The second-order valence-electron chi connectivity index (χ2n) is 5.20. The molecule has 16 heavy (non-hydrogen) atoms. The highest BCUT2D eigenvalue weighted by molar-refractivity contribution is 5.28. The van der Waals surface area contributed by atoms with Gasteiger partial charge in [0.05, 0.1) is 0 Å². The first-order valence-corrected chi connectivity index (χ1v) is 6.15. The minimum atomic E-state index is 0.287. The van der Waals surface area contributed by atoms with E-state index in [1.54, 1.807) is 0 Å². The van der Waals surface area contributed by atoms with Crippen molar-refractivity contribution in [3.63, 3.8) is 0 Å². The van der Waals surface area contributed by atoms with E-state index in [0.29, 0.717) is 12.0 Å². The quantitative estimate of drug-likeness (QED) is 0.826. The molecule has 1 heterocycles.